The van der Waals surface area contributed by atoms with Gasteiger partial charge in [-0.3, -0.25) is 0 Å². The first-order chi connectivity index (χ1) is 16.3. The summed E-state index contributed by atoms with van der Waals surface area (Å²) in [6, 6.07) is 0. The van der Waals surface area contributed by atoms with Crippen LogP contribution in [0.1, 0.15) is 87.0 Å². The zero-order valence-corrected chi connectivity index (χ0v) is 28.8. The number of methoxy groups -OCH3 is 1. The number of hydrogen-bond acceptors (Lipinski definition) is 5. The molecular formula is C27H51NO4SSiSn. The third-order valence-corrected chi connectivity index (χ3v) is 32.8. The van der Waals surface area contributed by atoms with Crippen LogP contribution in [0.2, 0.25) is 31.4 Å². The first-order valence-electron chi connectivity index (χ1n) is 13.8. The number of rotatable bonds is 14. The molecule has 2 rings (SSSR count). The second kappa shape index (κ2) is 12.7. The van der Waals surface area contributed by atoms with E-state index in [0.717, 1.165) is 0 Å². The molecule has 0 spiro atoms. The van der Waals surface area contributed by atoms with Crippen molar-refractivity contribution in [1.82, 2.24) is 4.90 Å². The minimum absolute atomic E-state index is 0.0210. The van der Waals surface area contributed by atoms with Gasteiger partial charge in [-0.1, -0.05) is 0 Å². The van der Waals surface area contributed by atoms with E-state index in [4.69, 9.17) is 9.16 Å². The van der Waals surface area contributed by atoms with Gasteiger partial charge in [0.1, 0.15) is 0 Å². The van der Waals surface area contributed by atoms with Crippen molar-refractivity contribution < 1.29 is 18.8 Å². The monoisotopic (exact) mass is 633 g/mol. The van der Waals surface area contributed by atoms with E-state index < -0.39 is 26.7 Å². The predicted octanol–water partition coefficient (Wildman–Crippen LogP) is 7.70. The Labute approximate surface area is 224 Å². The van der Waals surface area contributed by atoms with Crippen LogP contribution in [0.4, 0.5) is 0 Å². The van der Waals surface area contributed by atoms with Crippen molar-refractivity contribution in [2.45, 2.75) is 130 Å². The summed E-state index contributed by atoms with van der Waals surface area (Å²) in [7, 11) is -0.555. The summed E-state index contributed by atoms with van der Waals surface area (Å²) >= 11 is -1.08. The molecule has 0 unspecified atom stereocenters. The molecule has 0 saturated carbocycles. The van der Waals surface area contributed by atoms with Crippen molar-refractivity contribution in [2.24, 2.45) is 5.92 Å². The number of β-lactam (4-membered cyclic amide) rings is 1. The molecule has 2 heterocycles. The molecule has 0 aromatic rings. The van der Waals surface area contributed by atoms with Gasteiger partial charge in [-0.05, 0) is 0 Å². The Morgan fingerprint density at radius 3 is 1.94 bits per heavy atom. The Morgan fingerprint density at radius 2 is 1.54 bits per heavy atom. The maximum absolute atomic E-state index is 13.6. The molecule has 1 saturated heterocycles. The molecule has 0 bridgehead atoms. The first-order valence-corrected chi connectivity index (χ1v) is 25.1. The van der Waals surface area contributed by atoms with Crippen LogP contribution in [-0.4, -0.2) is 62.1 Å². The zero-order valence-electron chi connectivity index (χ0n) is 24.1. The zero-order chi connectivity index (χ0) is 26.6. The summed E-state index contributed by atoms with van der Waals surface area (Å²) in [5.74, 6) is -0.463. The van der Waals surface area contributed by atoms with Crippen LogP contribution in [0, 0.1) is 5.92 Å². The fraction of sp³-hybridized carbons (Fsp3) is 0.852. The molecule has 8 heteroatoms. The normalized spacial score (nSPS) is 21.8. The molecule has 202 valence electrons. The standard InChI is InChI=1S/C15H24NO4SSi.3C4H9.Sn/c1-9(20-22(6,7)15(2,3)4)11-12(17)16-10(14(18)19-5)8-21-13(11)16;3*1-3-4-2;/h9,11,13H,1-7H3;3*1,3-4H2,2H3;/t9-,11+,13-;;;;/m1..../s1. The predicted molar refractivity (Wildman–Crippen MR) is 153 cm³/mol. The quantitative estimate of drug-likeness (QED) is 0.112. The van der Waals surface area contributed by atoms with Crippen molar-refractivity contribution in [3.05, 3.63) is 8.62 Å². The van der Waals surface area contributed by atoms with Gasteiger partial charge in [-0.15, -0.1) is 0 Å². The van der Waals surface area contributed by atoms with Crippen molar-refractivity contribution in [3.63, 3.8) is 0 Å². The SMILES string of the molecule is CCC[CH2][Sn]([CH2]CCC)([CH2]CCC)[C]1=C(C(=O)OC)N2C(=O)[C@H]([C@@H](C)O[Si](C)(C)C(C)(C)C)[C@H]2S1. The number of carbonyl (C=O) groups is 2. The molecule has 0 aromatic carbocycles. The van der Waals surface area contributed by atoms with E-state index in [0.29, 0.717) is 5.70 Å². The van der Waals surface area contributed by atoms with Crippen LogP contribution in [0.5, 0.6) is 0 Å². The summed E-state index contributed by atoms with van der Waals surface area (Å²) in [6.07, 6.45) is 7.03. The number of thioether (sulfide) groups is 1. The van der Waals surface area contributed by atoms with E-state index in [2.05, 4.69) is 61.6 Å². The molecule has 2 aliphatic heterocycles. The Morgan fingerprint density at radius 1 is 1.06 bits per heavy atom. The third kappa shape index (κ3) is 6.54. The fourth-order valence-corrected chi connectivity index (χ4v) is 28.4. The molecule has 35 heavy (non-hydrogen) atoms. The van der Waals surface area contributed by atoms with E-state index in [-0.39, 0.29) is 34.3 Å². The molecule has 1 fully saturated rings. The van der Waals surface area contributed by atoms with Crippen LogP contribution in [-0.2, 0) is 18.8 Å². The fourth-order valence-electron chi connectivity index (χ4n) is 5.21. The van der Waals surface area contributed by atoms with Gasteiger partial charge in [-0.2, -0.15) is 0 Å². The van der Waals surface area contributed by atoms with Crippen molar-refractivity contribution in [1.29, 1.82) is 0 Å². The summed E-state index contributed by atoms with van der Waals surface area (Å²) < 4.78 is 17.1. The van der Waals surface area contributed by atoms with Crippen molar-refractivity contribution in [3.8, 4) is 0 Å². The van der Waals surface area contributed by atoms with Crippen LogP contribution in [0.15, 0.2) is 8.62 Å². The van der Waals surface area contributed by atoms with Crippen molar-refractivity contribution in [2.75, 3.05) is 7.11 Å². The Hall–Kier alpha value is 0.00558. The summed E-state index contributed by atoms with van der Waals surface area (Å²) in [6.45, 7) is 20.1. The third-order valence-electron chi connectivity index (χ3n) is 8.46. The van der Waals surface area contributed by atoms with E-state index in [1.54, 1.807) is 4.90 Å². The number of amides is 1. The topological polar surface area (TPSA) is 55.8 Å². The minimum atomic E-state index is -2.94. The second-order valence-corrected chi connectivity index (χ2v) is 32.0. The Kier molecular flexibility index (Phi) is 11.3. The average Bonchev–Trinajstić information content (AvgIpc) is 3.12. The second-order valence-electron chi connectivity index (χ2n) is 12.1. The Balaban J connectivity index is 2.46. The number of esters is 1. The summed E-state index contributed by atoms with van der Waals surface area (Å²) in [5.41, 5.74) is 0.613. The molecule has 1 amide bonds. The van der Waals surface area contributed by atoms with Gasteiger partial charge in [0.15, 0.2) is 0 Å². The van der Waals surface area contributed by atoms with Gasteiger partial charge in [0.2, 0.25) is 0 Å². The van der Waals surface area contributed by atoms with Gasteiger partial charge in [0, 0.05) is 0 Å². The number of fused-ring (bicyclic) bond motifs is 1. The number of unbranched alkanes of at least 4 members (excludes halogenated alkanes) is 3. The molecule has 5 nitrogen and oxygen atoms in total. The molecular weight excluding hydrogens is 581 g/mol. The number of carbonyl (C=O) groups excluding carboxylic acids is 2. The van der Waals surface area contributed by atoms with Crippen LogP contribution in [0.25, 0.3) is 0 Å². The van der Waals surface area contributed by atoms with E-state index >= 15 is 0 Å². The van der Waals surface area contributed by atoms with E-state index in [1.807, 2.05) is 11.8 Å². The van der Waals surface area contributed by atoms with Gasteiger partial charge in [0.25, 0.3) is 0 Å². The molecule has 0 radical (unpaired) electrons. The molecule has 0 aromatic heterocycles. The van der Waals surface area contributed by atoms with Crippen LogP contribution in [0.3, 0.4) is 0 Å². The average molecular weight is 633 g/mol. The summed E-state index contributed by atoms with van der Waals surface area (Å²) in [4.78, 5) is 28.6. The molecule has 2 aliphatic rings. The maximum atomic E-state index is 13.6. The van der Waals surface area contributed by atoms with Gasteiger partial charge >= 0.3 is 226 Å². The molecule has 3 atom stereocenters. The van der Waals surface area contributed by atoms with E-state index in [1.165, 1.54) is 61.9 Å². The van der Waals surface area contributed by atoms with Crippen LogP contribution < -0.4 is 0 Å². The first kappa shape index (κ1) is 31.2. The number of hydrogen-bond donors (Lipinski definition) is 0. The van der Waals surface area contributed by atoms with Crippen LogP contribution >= 0.6 is 11.8 Å². The number of nitrogens with zero attached hydrogens (tertiary/aromatic N) is 1. The van der Waals surface area contributed by atoms with Gasteiger partial charge in [0.05, 0.1) is 0 Å². The van der Waals surface area contributed by atoms with Gasteiger partial charge < -0.3 is 0 Å². The number of ether oxygens (including phenoxy) is 1. The van der Waals surface area contributed by atoms with Crippen molar-refractivity contribution >= 4 is 50.3 Å². The summed E-state index contributed by atoms with van der Waals surface area (Å²) in [5, 5.41) is 0.0655. The molecule has 0 N–H and O–H groups in total. The molecule has 0 aliphatic carbocycles. The Bertz CT molecular complexity index is 773. The van der Waals surface area contributed by atoms with E-state index in [9.17, 15) is 9.59 Å². The van der Waals surface area contributed by atoms with Gasteiger partial charge in [-0.25, -0.2) is 0 Å².